The van der Waals surface area contributed by atoms with Gasteiger partial charge >= 0.3 is 5.97 Å². The second-order valence-electron chi connectivity index (χ2n) is 4.98. The molecule has 6 heteroatoms. The molecule has 2 rings (SSSR count). The van der Waals surface area contributed by atoms with Gasteiger partial charge in [-0.25, -0.2) is 4.79 Å². The van der Waals surface area contributed by atoms with Gasteiger partial charge in [0.1, 0.15) is 11.7 Å². The molecule has 1 aromatic carbocycles. The number of hydrogen-bond acceptors (Lipinski definition) is 5. The van der Waals surface area contributed by atoms with Crippen molar-refractivity contribution in [3.05, 3.63) is 47.4 Å². The molecule has 0 spiro atoms. The van der Waals surface area contributed by atoms with Gasteiger partial charge in [-0.15, -0.1) is 0 Å². The minimum Gasteiger partial charge on any atom is -0.493 e. The van der Waals surface area contributed by atoms with Gasteiger partial charge in [0.25, 0.3) is 0 Å². The van der Waals surface area contributed by atoms with E-state index in [2.05, 4.69) is 6.07 Å². The number of rotatable bonds is 7. The van der Waals surface area contributed by atoms with E-state index in [9.17, 15) is 10.1 Å². The number of benzene rings is 1. The van der Waals surface area contributed by atoms with Gasteiger partial charge in [-0.1, -0.05) is 6.07 Å². The molecule has 1 aromatic heterocycles. The first kappa shape index (κ1) is 16.4. The molecule has 0 saturated carbocycles. The number of nitriles is 1. The maximum Gasteiger partial charge on any atom is 0.371 e. The van der Waals surface area contributed by atoms with Crippen molar-refractivity contribution in [2.24, 2.45) is 0 Å². The van der Waals surface area contributed by atoms with Crippen molar-refractivity contribution in [3.63, 3.8) is 0 Å². The van der Waals surface area contributed by atoms with Gasteiger partial charge in [0.2, 0.25) is 5.76 Å². The first-order valence-corrected chi connectivity index (χ1v) is 7.05. The van der Waals surface area contributed by atoms with Gasteiger partial charge in [-0.3, -0.25) is 0 Å². The zero-order valence-electron chi connectivity index (χ0n) is 12.9. The van der Waals surface area contributed by atoms with E-state index >= 15 is 0 Å². The Morgan fingerprint density at radius 1 is 1.35 bits per heavy atom. The average Bonchev–Trinajstić information content (AvgIpc) is 3.02. The van der Waals surface area contributed by atoms with Gasteiger partial charge in [-0.05, 0) is 36.8 Å². The average molecular weight is 315 g/mol. The molecule has 0 aliphatic carbocycles. The van der Waals surface area contributed by atoms with Crippen LogP contribution in [-0.4, -0.2) is 24.8 Å². The van der Waals surface area contributed by atoms with E-state index in [0.29, 0.717) is 23.7 Å². The number of ether oxygens (including phenoxy) is 2. The molecule has 0 bridgehead atoms. The first-order valence-electron chi connectivity index (χ1n) is 7.05. The molecule has 1 atom stereocenters. The van der Waals surface area contributed by atoms with Crippen LogP contribution >= 0.6 is 0 Å². The summed E-state index contributed by atoms with van der Waals surface area (Å²) < 4.78 is 16.1. The summed E-state index contributed by atoms with van der Waals surface area (Å²) in [5.41, 5.74) is 1.06. The highest BCUT2D eigenvalue weighted by Gasteiger charge is 2.18. The Morgan fingerprint density at radius 2 is 2.13 bits per heavy atom. The van der Waals surface area contributed by atoms with Crippen molar-refractivity contribution in [2.45, 2.75) is 19.3 Å². The fourth-order valence-electron chi connectivity index (χ4n) is 2.11. The molecule has 2 aromatic rings. The van der Waals surface area contributed by atoms with Gasteiger partial charge < -0.3 is 19.0 Å². The predicted octanol–water partition coefficient (Wildman–Crippen LogP) is 3.37. The number of aromatic carboxylic acids is 1. The molecule has 0 aliphatic rings. The number of hydrogen-bond donors (Lipinski definition) is 1. The minimum atomic E-state index is -1.16. The predicted molar refractivity (Wildman–Crippen MR) is 81.9 cm³/mol. The summed E-state index contributed by atoms with van der Waals surface area (Å²) in [7, 11) is 1.57. The van der Waals surface area contributed by atoms with Crippen LogP contribution in [0.4, 0.5) is 0 Å². The summed E-state index contributed by atoms with van der Waals surface area (Å²) in [5, 5.41) is 18.1. The van der Waals surface area contributed by atoms with Crippen LogP contribution in [-0.2, 0) is 0 Å². The van der Waals surface area contributed by atoms with Crippen LogP contribution in [0.3, 0.4) is 0 Å². The van der Waals surface area contributed by atoms with Crippen molar-refractivity contribution < 1.29 is 23.8 Å². The Morgan fingerprint density at radius 3 is 2.74 bits per heavy atom. The highest BCUT2D eigenvalue weighted by molar-refractivity contribution is 5.84. The number of nitrogens with zero attached hydrogens (tertiary/aromatic N) is 1. The second kappa shape index (κ2) is 7.36. The summed E-state index contributed by atoms with van der Waals surface area (Å²) in [6, 6.07) is 10.5. The Hall–Kier alpha value is -2.94. The first-order chi connectivity index (χ1) is 11.0. The number of carbonyl (C=O) groups is 1. The smallest absolute Gasteiger partial charge is 0.371 e. The van der Waals surface area contributed by atoms with Gasteiger partial charge in [0.15, 0.2) is 11.5 Å². The SMILES string of the molecule is COc1cc(C)ccc1OCCC(C#N)c1ccc(C(=O)O)o1. The van der Waals surface area contributed by atoms with Crippen molar-refractivity contribution >= 4 is 5.97 Å². The molecule has 1 heterocycles. The standard InChI is InChI=1S/C17H17NO5/c1-11-3-4-14(16(9-11)21-2)22-8-7-12(10-18)13-5-6-15(23-13)17(19)20/h3-6,9,12H,7-8H2,1-2H3,(H,19,20). The zero-order valence-corrected chi connectivity index (χ0v) is 12.9. The summed E-state index contributed by atoms with van der Waals surface area (Å²) in [6.45, 7) is 2.23. The van der Waals surface area contributed by atoms with E-state index < -0.39 is 11.9 Å². The van der Waals surface area contributed by atoms with E-state index in [-0.39, 0.29) is 12.4 Å². The van der Waals surface area contributed by atoms with E-state index in [4.69, 9.17) is 19.0 Å². The lowest BCUT2D eigenvalue weighted by atomic mass is 10.1. The van der Waals surface area contributed by atoms with Crippen LogP contribution in [0.25, 0.3) is 0 Å². The molecule has 0 aliphatic heterocycles. The van der Waals surface area contributed by atoms with Crippen LogP contribution in [0.15, 0.2) is 34.7 Å². The van der Waals surface area contributed by atoms with Crippen LogP contribution < -0.4 is 9.47 Å². The third-order valence-electron chi connectivity index (χ3n) is 3.32. The second-order valence-corrected chi connectivity index (χ2v) is 4.98. The molecule has 23 heavy (non-hydrogen) atoms. The van der Waals surface area contributed by atoms with Crippen molar-refractivity contribution in [2.75, 3.05) is 13.7 Å². The zero-order chi connectivity index (χ0) is 16.8. The van der Waals surface area contributed by atoms with Gasteiger partial charge in [0.05, 0.1) is 19.8 Å². The fraction of sp³-hybridized carbons (Fsp3) is 0.294. The van der Waals surface area contributed by atoms with Crippen LogP contribution in [0.1, 0.15) is 34.2 Å². The largest absolute Gasteiger partial charge is 0.493 e. The number of furan rings is 1. The lowest BCUT2D eigenvalue weighted by molar-refractivity contribution is 0.0660. The summed E-state index contributed by atoms with van der Waals surface area (Å²) in [6.07, 6.45) is 0.375. The molecule has 0 amide bonds. The molecule has 0 radical (unpaired) electrons. The number of aryl methyl sites for hydroxylation is 1. The Kier molecular flexibility index (Phi) is 5.26. The van der Waals surface area contributed by atoms with Crippen molar-refractivity contribution in [1.29, 1.82) is 5.26 Å². The molecule has 1 unspecified atom stereocenters. The third-order valence-corrected chi connectivity index (χ3v) is 3.32. The van der Waals surface area contributed by atoms with E-state index in [1.165, 1.54) is 12.1 Å². The minimum absolute atomic E-state index is 0.179. The normalized spacial score (nSPS) is 11.5. The molecule has 120 valence electrons. The highest BCUT2D eigenvalue weighted by Crippen LogP contribution is 2.29. The molecular weight excluding hydrogens is 298 g/mol. The summed E-state index contributed by atoms with van der Waals surface area (Å²) in [5.74, 6) is -0.357. The molecule has 1 N–H and O–H groups in total. The van der Waals surface area contributed by atoms with E-state index in [0.717, 1.165) is 5.56 Å². The van der Waals surface area contributed by atoms with E-state index in [1.54, 1.807) is 7.11 Å². The number of methoxy groups -OCH3 is 1. The maximum absolute atomic E-state index is 10.8. The fourth-order valence-corrected chi connectivity index (χ4v) is 2.11. The molecular formula is C17H17NO5. The van der Waals surface area contributed by atoms with E-state index in [1.807, 2.05) is 25.1 Å². The lowest BCUT2D eigenvalue weighted by Crippen LogP contribution is -2.05. The highest BCUT2D eigenvalue weighted by atomic mass is 16.5. The third kappa shape index (κ3) is 4.04. The maximum atomic E-state index is 10.8. The Bertz CT molecular complexity index is 729. The topological polar surface area (TPSA) is 92.7 Å². The lowest BCUT2D eigenvalue weighted by Gasteiger charge is -2.12. The monoisotopic (exact) mass is 315 g/mol. The van der Waals surface area contributed by atoms with Crippen molar-refractivity contribution in [1.82, 2.24) is 0 Å². The molecule has 6 nitrogen and oxygen atoms in total. The van der Waals surface area contributed by atoms with Crippen molar-refractivity contribution in [3.8, 4) is 17.6 Å². The quantitative estimate of drug-likeness (QED) is 0.842. The Balaban J connectivity index is 1.98. The molecule has 0 saturated heterocycles. The van der Waals surface area contributed by atoms with Gasteiger partial charge in [0, 0.05) is 6.42 Å². The number of carboxylic acid groups (broad SMARTS) is 1. The summed E-state index contributed by atoms with van der Waals surface area (Å²) in [4.78, 5) is 10.8. The molecule has 0 fully saturated rings. The van der Waals surface area contributed by atoms with Crippen LogP contribution in [0, 0.1) is 18.3 Å². The van der Waals surface area contributed by atoms with Gasteiger partial charge in [-0.2, -0.15) is 5.26 Å². The Labute approximate surface area is 133 Å². The van der Waals surface area contributed by atoms with Crippen LogP contribution in [0.5, 0.6) is 11.5 Å². The summed E-state index contributed by atoms with van der Waals surface area (Å²) >= 11 is 0. The van der Waals surface area contributed by atoms with Crippen LogP contribution in [0.2, 0.25) is 0 Å². The number of carboxylic acids is 1.